The van der Waals surface area contributed by atoms with E-state index < -0.39 is 0 Å². The van der Waals surface area contributed by atoms with Crippen LogP contribution in [-0.4, -0.2) is 46.6 Å². The van der Waals surface area contributed by atoms with Gasteiger partial charge in [-0.25, -0.2) is 4.98 Å². The molecule has 1 N–H and O–H groups in total. The van der Waals surface area contributed by atoms with Crippen molar-refractivity contribution in [3.05, 3.63) is 42.5 Å². The number of para-hydroxylation sites is 2. The van der Waals surface area contributed by atoms with Crippen LogP contribution in [0.25, 0.3) is 0 Å². The van der Waals surface area contributed by atoms with Crippen LogP contribution in [-0.2, 0) is 11.3 Å². The molecule has 1 aromatic carbocycles. The molecule has 0 bridgehead atoms. The van der Waals surface area contributed by atoms with E-state index in [1.54, 1.807) is 7.11 Å². The van der Waals surface area contributed by atoms with Crippen LogP contribution in [0.4, 0.5) is 5.69 Å². The van der Waals surface area contributed by atoms with Gasteiger partial charge in [0.05, 0.1) is 19.3 Å². The predicted octanol–water partition coefficient (Wildman–Crippen LogP) is 3.08. The standard InChI is InChI=1S/C20H28N4O2/c1-16-21-11-14-23(16)13-10-17-7-5-6-12-24(17)15-20(25)22-18-8-3-4-9-19(18)26-2/h3-4,8-9,11,14,17H,5-7,10,12-13,15H2,1-2H3,(H,22,25). The molecule has 1 aromatic heterocycles. The molecule has 3 rings (SSSR count). The molecule has 2 aromatic rings. The molecule has 1 unspecified atom stereocenters. The summed E-state index contributed by atoms with van der Waals surface area (Å²) < 4.78 is 7.49. The summed E-state index contributed by atoms with van der Waals surface area (Å²) in [5, 5.41) is 2.99. The lowest BCUT2D eigenvalue weighted by molar-refractivity contribution is -0.118. The Balaban J connectivity index is 1.57. The Morgan fingerprint density at radius 1 is 1.35 bits per heavy atom. The van der Waals surface area contributed by atoms with Crippen molar-refractivity contribution in [2.75, 3.05) is 25.5 Å². The number of nitrogens with one attached hydrogen (secondary N) is 1. The summed E-state index contributed by atoms with van der Waals surface area (Å²) in [6.45, 7) is 4.37. The number of aryl methyl sites for hydroxylation is 2. The number of ether oxygens (including phenoxy) is 1. The highest BCUT2D eigenvalue weighted by atomic mass is 16.5. The van der Waals surface area contributed by atoms with Gasteiger partial charge in [0.15, 0.2) is 0 Å². The van der Waals surface area contributed by atoms with Gasteiger partial charge in [-0.2, -0.15) is 0 Å². The van der Waals surface area contributed by atoms with E-state index in [0.717, 1.165) is 43.9 Å². The van der Waals surface area contributed by atoms with Gasteiger partial charge in [-0.3, -0.25) is 9.69 Å². The Hall–Kier alpha value is -2.34. The first-order valence-electron chi connectivity index (χ1n) is 9.32. The van der Waals surface area contributed by atoms with Crippen molar-refractivity contribution in [2.45, 2.75) is 45.2 Å². The minimum Gasteiger partial charge on any atom is -0.495 e. The molecular formula is C20H28N4O2. The van der Waals surface area contributed by atoms with Crippen molar-refractivity contribution in [3.8, 4) is 5.75 Å². The third-order valence-corrected chi connectivity index (χ3v) is 5.10. The monoisotopic (exact) mass is 356 g/mol. The number of anilines is 1. The Morgan fingerprint density at radius 3 is 2.96 bits per heavy atom. The van der Waals surface area contributed by atoms with Crippen molar-refractivity contribution < 1.29 is 9.53 Å². The normalized spacial score (nSPS) is 17.8. The molecule has 2 heterocycles. The van der Waals surface area contributed by atoms with E-state index in [4.69, 9.17) is 4.74 Å². The molecular weight excluding hydrogens is 328 g/mol. The lowest BCUT2D eigenvalue weighted by atomic mass is 9.99. The number of hydrogen-bond donors (Lipinski definition) is 1. The lowest BCUT2D eigenvalue weighted by Gasteiger charge is -2.35. The Bertz CT molecular complexity index is 728. The number of likely N-dealkylation sites (tertiary alicyclic amines) is 1. The van der Waals surface area contributed by atoms with Gasteiger partial charge in [0.25, 0.3) is 0 Å². The first kappa shape index (κ1) is 18.5. The molecule has 1 saturated heterocycles. The highest BCUT2D eigenvalue weighted by molar-refractivity contribution is 5.93. The van der Waals surface area contributed by atoms with E-state index >= 15 is 0 Å². The van der Waals surface area contributed by atoms with Crippen LogP contribution >= 0.6 is 0 Å². The fourth-order valence-corrected chi connectivity index (χ4v) is 3.65. The van der Waals surface area contributed by atoms with Crippen LogP contribution in [0.2, 0.25) is 0 Å². The van der Waals surface area contributed by atoms with Gasteiger partial charge in [-0.05, 0) is 44.9 Å². The second kappa shape index (κ2) is 8.85. The maximum Gasteiger partial charge on any atom is 0.238 e. The minimum absolute atomic E-state index is 0.0141. The number of carbonyl (C=O) groups is 1. The predicted molar refractivity (Wildman–Crippen MR) is 102 cm³/mol. The topological polar surface area (TPSA) is 59.4 Å². The molecule has 0 aliphatic carbocycles. The van der Waals surface area contributed by atoms with E-state index in [-0.39, 0.29) is 5.91 Å². The van der Waals surface area contributed by atoms with Gasteiger partial charge >= 0.3 is 0 Å². The first-order chi connectivity index (χ1) is 12.7. The number of hydrogen-bond acceptors (Lipinski definition) is 4. The second-order valence-corrected chi connectivity index (χ2v) is 6.83. The number of rotatable bonds is 7. The van der Waals surface area contributed by atoms with Crippen LogP contribution in [0, 0.1) is 6.92 Å². The van der Waals surface area contributed by atoms with Gasteiger partial charge in [0.2, 0.25) is 5.91 Å². The van der Waals surface area contributed by atoms with Crippen LogP contribution in [0.3, 0.4) is 0 Å². The molecule has 1 amide bonds. The summed E-state index contributed by atoms with van der Waals surface area (Å²) in [5.74, 6) is 1.74. The molecule has 1 atom stereocenters. The summed E-state index contributed by atoms with van der Waals surface area (Å²) in [6, 6.07) is 7.95. The van der Waals surface area contributed by atoms with E-state index in [1.165, 1.54) is 6.42 Å². The molecule has 1 aliphatic heterocycles. The average Bonchev–Trinajstić information content (AvgIpc) is 3.06. The number of methoxy groups -OCH3 is 1. The van der Waals surface area contributed by atoms with Crippen molar-refractivity contribution in [1.82, 2.24) is 14.5 Å². The number of aromatic nitrogens is 2. The number of nitrogens with zero attached hydrogens (tertiary/aromatic N) is 3. The molecule has 0 saturated carbocycles. The summed E-state index contributed by atoms with van der Waals surface area (Å²) in [5.41, 5.74) is 0.725. The summed E-state index contributed by atoms with van der Waals surface area (Å²) in [6.07, 6.45) is 8.45. The number of imidazole rings is 1. The van der Waals surface area contributed by atoms with Crippen LogP contribution in [0.1, 0.15) is 31.5 Å². The lowest BCUT2D eigenvalue weighted by Crippen LogP contribution is -2.44. The van der Waals surface area contributed by atoms with E-state index in [0.29, 0.717) is 18.3 Å². The molecule has 140 valence electrons. The molecule has 0 spiro atoms. The molecule has 6 heteroatoms. The van der Waals surface area contributed by atoms with Gasteiger partial charge in [-0.15, -0.1) is 0 Å². The second-order valence-electron chi connectivity index (χ2n) is 6.83. The number of piperidine rings is 1. The Labute approximate surface area is 155 Å². The Kier molecular flexibility index (Phi) is 6.28. The molecule has 6 nitrogen and oxygen atoms in total. The zero-order chi connectivity index (χ0) is 18.4. The van der Waals surface area contributed by atoms with Crippen molar-refractivity contribution in [3.63, 3.8) is 0 Å². The van der Waals surface area contributed by atoms with Gasteiger partial charge in [0, 0.05) is 25.0 Å². The molecule has 1 aliphatic rings. The van der Waals surface area contributed by atoms with E-state index in [9.17, 15) is 4.79 Å². The van der Waals surface area contributed by atoms with Gasteiger partial charge in [0.1, 0.15) is 11.6 Å². The quantitative estimate of drug-likeness (QED) is 0.828. The summed E-state index contributed by atoms with van der Waals surface area (Å²) in [4.78, 5) is 19.2. The fourth-order valence-electron chi connectivity index (χ4n) is 3.65. The van der Waals surface area contributed by atoms with E-state index in [1.807, 2.05) is 43.6 Å². The van der Waals surface area contributed by atoms with Gasteiger partial charge < -0.3 is 14.6 Å². The fraction of sp³-hybridized carbons (Fsp3) is 0.500. The first-order valence-corrected chi connectivity index (χ1v) is 9.32. The average molecular weight is 356 g/mol. The van der Waals surface area contributed by atoms with Crippen LogP contribution < -0.4 is 10.1 Å². The molecule has 0 radical (unpaired) electrons. The van der Waals surface area contributed by atoms with Crippen LogP contribution in [0.15, 0.2) is 36.7 Å². The summed E-state index contributed by atoms with van der Waals surface area (Å²) in [7, 11) is 1.61. The highest BCUT2D eigenvalue weighted by Gasteiger charge is 2.24. The SMILES string of the molecule is COc1ccccc1NC(=O)CN1CCCCC1CCn1ccnc1C. The van der Waals surface area contributed by atoms with Crippen LogP contribution in [0.5, 0.6) is 5.75 Å². The number of carbonyl (C=O) groups excluding carboxylic acids is 1. The number of amides is 1. The highest BCUT2D eigenvalue weighted by Crippen LogP contribution is 2.24. The van der Waals surface area contributed by atoms with Crippen molar-refractivity contribution in [1.29, 1.82) is 0 Å². The molecule has 26 heavy (non-hydrogen) atoms. The Morgan fingerprint density at radius 2 is 2.19 bits per heavy atom. The minimum atomic E-state index is 0.0141. The third kappa shape index (κ3) is 4.64. The zero-order valence-electron chi connectivity index (χ0n) is 15.6. The largest absolute Gasteiger partial charge is 0.495 e. The van der Waals surface area contributed by atoms with Gasteiger partial charge in [-0.1, -0.05) is 18.6 Å². The smallest absolute Gasteiger partial charge is 0.238 e. The number of benzene rings is 1. The third-order valence-electron chi connectivity index (χ3n) is 5.10. The molecule has 1 fully saturated rings. The van der Waals surface area contributed by atoms with E-state index in [2.05, 4.69) is 19.8 Å². The van der Waals surface area contributed by atoms with Crippen molar-refractivity contribution in [2.24, 2.45) is 0 Å². The maximum atomic E-state index is 12.6. The summed E-state index contributed by atoms with van der Waals surface area (Å²) >= 11 is 0. The van der Waals surface area contributed by atoms with Crippen molar-refractivity contribution >= 4 is 11.6 Å². The zero-order valence-corrected chi connectivity index (χ0v) is 15.6. The maximum absolute atomic E-state index is 12.6.